The number of nitrogens with zero attached hydrogens (tertiary/aromatic N) is 1. The Morgan fingerprint density at radius 3 is 2.40 bits per heavy atom. The van der Waals surface area contributed by atoms with Gasteiger partial charge in [-0.25, -0.2) is 0 Å². The molecule has 3 aromatic carbocycles. The van der Waals surface area contributed by atoms with Crippen molar-refractivity contribution in [2.24, 2.45) is 4.99 Å². The summed E-state index contributed by atoms with van der Waals surface area (Å²) in [5.41, 5.74) is 2.58. The first-order valence-corrected chi connectivity index (χ1v) is 6.92. The molecule has 0 saturated carbocycles. The predicted molar refractivity (Wildman–Crippen MR) is 86.3 cm³/mol. The van der Waals surface area contributed by atoms with E-state index in [-0.39, 0.29) is 0 Å². The fourth-order valence-electron chi connectivity index (χ4n) is 2.38. The van der Waals surface area contributed by atoms with E-state index in [1.165, 1.54) is 21.9 Å². The topological polar surface area (TPSA) is 12.4 Å². The van der Waals surface area contributed by atoms with Crippen LogP contribution in [0.2, 0.25) is 0 Å². The van der Waals surface area contributed by atoms with Crippen LogP contribution in [-0.2, 0) is 13.0 Å². The minimum Gasteiger partial charge on any atom is -0.292 e. The summed E-state index contributed by atoms with van der Waals surface area (Å²) in [6.07, 6.45) is 2.91. The molecule has 0 spiro atoms. The van der Waals surface area contributed by atoms with Gasteiger partial charge in [-0.1, -0.05) is 72.8 Å². The van der Waals surface area contributed by atoms with Crippen molar-refractivity contribution in [3.05, 3.63) is 83.9 Å². The average molecular weight is 259 g/mol. The summed E-state index contributed by atoms with van der Waals surface area (Å²) in [6.45, 7) is 0.744. The molecule has 0 saturated heterocycles. The van der Waals surface area contributed by atoms with Crippen LogP contribution in [0.1, 0.15) is 11.1 Å². The van der Waals surface area contributed by atoms with Crippen molar-refractivity contribution in [3.8, 4) is 0 Å². The maximum Gasteiger partial charge on any atom is 0.0642 e. The fraction of sp³-hybridized carbons (Fsp3) is 0.105. The molecule has 3 rings (SSSR count). The van der Waals surface area contributed by atoms with Gasteiger partial charge < -0.3 is 0 Å². The maximum absolute atomic E-state index is 4.56. The fourth-order valence-corrected chi connectivity index (χ4v) is 2.38. The standard InChI is InChI=1S/C19H17N/c1-2-7-16(8-3-1)13-14-20-15-18-11-6-10-17-9-4-5-12-19(17)18/h1-12,14H,13,15H2. The van der Waals surface area contributed by atoms with E-state index in [1.807, 2.05) is 12.3 Å². The van der Waals surface area contributed by atoms with E-state index in [0.717, 1.165) is 13.0 Å². The summed E-state index contributed by atoms with van der Waals surface area (Å²) < 4.78 is 0. The van der Waals surface area contributed by atoms with Crippen LogP contribution in [0.5, 0.6) is 0 Å². The predicted octanol–water partition coefficient (Wildman–Crippen LogP) is 4.65. The molecule has 0 N–H and O–H groups in total. The highest BCUT2D eigenvalue weighted by Crippen LogP contribution is 2.18. The van der Waals surface area contributed by atoms with E-state index in [4.69, 9.17) is 0 Å². The van der Waals surface area contributed by atoms with Crippen LogP contribution in [0, 0.1) is 0 Å². The average Bonchev–Trinajstić information content (AvgIpc) is 2.53. The number of hydrogen-bond donors (Lipinski definition) is 0. The van der Waals surface area contributed by atoms with Gasteiger partial charge in [0.1, 0.15) is 0 Å². The van der Waals surface area contributed by atoms with Gasteiger partial charge in [0, 0.05) is 12.6 Å². The quantitative estimate of drug-likeness (QED) is 0.605. The first kappa shape index (κ1) is 12.6. The molecule has 0 amide bonds. The molecular formula is C19H17N. The third kappa shape index (κ3) is 2.94. The Balaban J connectivity index is 1.71. The van der Waals surface area contributed by atoms with E-state index >= 15 is 0 Å². The first-order valence-electron chi connectivity index (χ1n) is 6.92. The highest BCUT2D eigenvalue weighted by molar-refractivity contribution is 5.85. The van der Waals surface area contributed by atoms with Crippen molar-refractivity contribution in [1.29, 1.82) is 0 Å². The number of rotatable bonds is 4. The van der Waals surface area contributed by atoms with Gasteiger partial charge in [-0.15, -0.1) is 0 Å². The molecule has 0 aliphatic carbocycles. The van der Waals surface area contributed by atoms with Gasteiger partial charge in [0.05, 0.1) is 6.54 Å². The largest absolute Gasteiger partial charge is 0.292 e. The van der Waals surface area contributed by atoms with Crippen molar-refractivity contribution < 1.29 is 0 Å². The van der Waals surface area contributed by atoms with Crippen molar-refractivity contribution >= 4 is 17.0 Å². The maximum atomic E-state index is 4.56. The molecule has 0 fully saturated rings. The van der Waals surface area contributed by atoms with Gasteiger partial charge in [-0.3, -0.25) is 4.99 Å². The molecule has 0 aromatic heterocycles. The van der Waals surface area contributed by atoms with Crippen LogP contribution in [0.4, 0.5) is 0 Å². The van der Waals surface area contributed by atoms with Gasteiger partial charge in [-0.2, -0.15) is 0 Å². The van der Waals surface area contributed by atoms with Gasteiger partial charge in [0.2, 0.25) is 0 Å². The molecule has 0 atom stereocenters. The Morgan fingerprint density at radius 2 is 1.50 bits per heavy atom. The zero-order valence-electron chi connectivity index (χ0n) is 11.4. The second kappa shape index (κ2) is 6.16. The van der Waals surface area contributed by atoms with Crippen molar-refractivity contribution in [2.45, 2.75) is 13.0 Å². The van der Waals surface area contributed by atoms with E-state index in [1.54, 1.807) is 0 Å². The van der Waals surface area contributed by atoms with Crippen molar-refractivity contribution in [1.82, 2.24) is 0 Å². The lowest BCUT2D eigenvalue weighted by molar-refractivity contribution is 1.08. The summed E-state index contributed by atoms with van der Waals surface area (Å²) in [5, 5.41) is 2.58. The summed E-state index contributed by atoms with van der Waals surface area (Å²) in [7, 11) is 0. The molecule has 0 aliphatic rings. The van der Waals surface area contributed by atoms with Crippen LogP contribution in [0.3, 0.4) is 0 Å². The Bertz CT molecular complexity index is 709. The zero-order chi connectivity index (χ0) is 13.6. The molecule has 20 heavy (non-hydrogen) atoms. The molecule has 1 heteroatoms. The molecule has 98 valence electrons. The van der Waals surface area contributed by atoms with E-state index in [2.05, 4.69) is 71.7 Å². The van der Waals surface area contributed by atoms with Gasteiger partial charge >= 0.3 is 0 Å². The molecule has 0 aliphatic heterocycles. The third-order valence-electron chi connectivity index (χ3n) is 3.44. The monoisotopic (exact) mass is 259 g/mol. The number of hydrogen-bond acceptors (Lipinski definition) is 1. The summed E-state index contributed by atoms with van der Waals surface area (Å²) in [6, 6.07) is 25.3. The Hall–Kier alpha value is -2.41. The summed E-state index contributed by atoms with van der Waals surface area (Å²) in [4.78, 5) is 4.56. The van der Waals surface area contributed by atoms with E-state index in [9.17, 15) is 0 Å². The van der Waals surface area contributed by atoms with Gasteiger partial charge in [0.25, 0.3) is 0 Å². The van der Waals surface area contributed by atoms with Crippen LogP contribution in [-0.4, -0.2) is 6.21 Å². The molecule has 0 radical (unpaired) electrons. The zero-order valence-corrected chi connectivity index (χ0v) is 11.4. The number of benzene rings is 3. The van der Waals surface area contributed by atoms with Crippen LogP contribution in [0.15, 0.2) is 77.8 Å². The Morgan fingerprint density at radius 1 is 0.750 bits per heavy atom. The third-order valence-corrected chi connectivity index (χ3v) is 3.44. The summed E-state index contributed by atoms with van der Waals surface area (Å²) in [5.74, 6) is 0. The molecular weight excluding hydrogens is 242 g/mol. The van der Waals surface area contributed by atoms with Crippen LogP contribution in [0.25, 0.3) is 10.8 Å². The van der Waals surface area contributed by atoms with Crippen molar-refractivity contribution in [3.63, 3.8) is 0 Å². The minimum absolute atomic E-state index is 0.744. The Labute approximate surface area is 119 Å². The second-order valence-corrected chi connectivity index (χ2v) is 4.85. The second-order valence-electron chi connectivity index (χ2n) is 4.85. The van der Waals surface area contributed by atoms with Crippen LogP contribution < -0.4 is 0 Å². The Kier molecular flexibility index (Phi) is 3.88. The molecule has 3 aromatic rings. The lowest BCUT2D eigenvalue weighted by atomic mass is 10.0. The van der Waals surface area contributed by atoms with E-state index in [0.29, 0.717) is 0 Å². The molecule has 0 heterocycles. The number of fused-ring (bicyclic) bond motifs is 1. The summed E-state index contributed by atoms with van der Waals surface area (Å²) >= 11 is 0. The smallest absolute Gasteiger partial charge is 0.0642 e. The highest BCUT2D eigenvalue weighted by Gasteiger charge is 1.98. The van der Waals surface area contributed by atoms with Crippen LogP contribution >= 0.6 is 0 Å². The van der Waals surface area contributed by atoms with E-state index < -0.39 is 0 Å². The minimum atomic E-state index is 0.744. The van der Waals surface area contributed by atoms with Gasteiger partial charge in [0.15, 0.2) is 0 Å². The molecule has 0 unspecified atom stereocenters. The molecule has 0 bridgehead atoms. The lowest BCUT2D eigenvalue weighted by Gasteiger charge is -2.03. The highest BCUT2D eigenvalue weighted by atomic mass is 14.7. The SMILES string of the molecule is C(Cc1ccccc1)=NCc1cccc2ccccc12. The number of aliphatic imine (C=N–C) groups is 1. The first-order chi connectivity index (χ1) is 9.93. The molecule has 1 nitrogen and oxygen atoms in total. The lowest BCUT2D eigenvalue weighted by Crippen LogP contribution is -1.88. The van der Waals surface area contributed by atoms with Crippen molar-refractivity contribution in [2.75, 3.05) is 0 Å². The normalized spacial score (nSPS) is 11.2. The van der Waals surface area contributed by atoms with Gasteiger partial charge in [-0.05, 0) is 21.9 Å².